The number of urea groups is 1. The number of nitrogens with zero attached hydrogens (tertiary/aromatic N) is 3. The average molecular weight is 418 g/mol. The molecule has 0 aliphatic carbocycles. The van der Waals surface area contributed by atoms with Gasteiger partial charge in [-0.25, -0.2) is 9.48 Å². The highest BCUT2D eigenvalue weighted by Gasteiger charge is 2.16. The van der Waals surface area contributed by atoms with E-state index in [2.05, 4.69) is 15.7 Å². The number of hydrogen-bond acceptors (Lipinski definition) is 3. The number of para-hydroxylation sites is 1. The maximum absolute atomic E-state index is 12.6. The van der Waals surface area contributed by atoms with Crippen LogP contribution in [-0.2, 0) is 0 Å². The molecule has 2 aromatic carbocycles. The minimum Gasteiger partial charge on any atom is -0.325 e. The molecule has 2 heterocycles. The molecule has 0 unspecified atom stereocenters. The van der Waals surface area contributed by atoms with Crippen LogP contribution in [0.25, 0.3) is 5.69 Å². The summed E-state index contributed by atoms with van der Waals surface area (Å²) >= 11 is 0. The third kappa shape index (κ3) is 5.12. The van der Waals surface area contributed by atoms with Gasteiger partial charge >= 0.3 is 6.03 Å². The van der Waals surface area contributed by atoms with Crippen molar-refractivity contribution in [2.24, 2.45) is 0 Å². The van der Waals surface area contributed by atoms with Gasteiger partial charge in [-0.2, -0.15) is 5.10 Å². The minimum atomic E-state index is -0.279. The second-order valence-electron chi connectivity index (χ2n) is 7.78. The van der Waals surface area contributed by atoms with E-state index in [1.165, 1.54) is 12.8 Å². The lowest BCUT2D eigenvalue weighted by molar-refractivity contribution is 0.102. The fourth-order valence-corrected chi connectivity index (χ4v) is 3.72. The largest absolute Gasteiger partial charge is 0.325 e. The molecule has 1 aliphatic rings. The van der Waals surface area contributed by atoms with Crippen LogP contribution in [-0.4, -0.2) is 39.7 Å². The number of carbonyl (C=O) groups excluding carboxylic acids is 2. The molecule has 31 heavy (non-hydrogen) atoms. The van der Waals surface area contributed by atoms with Crippen LogP contribution in [0.1, 0.15) is 41.9 Å². The maximum Gasteiger partial charge on any atom is 0.321 e. The van der Waals surface area contributed by atoms with Gasteiger partial charge in [0.05, 0.1) is 5.69 Å². The molecule has 2 N–H and O–H groups in total. The summed E-state index contributed by atoms with van der Waals surface area (Å²) in [5.41, 5.74) is 3.48. The fourth-order valence-electron chi connectivity index (χ4n) is 3.72. The molecular formula is C24H27N5O2. The Balaban J connectivity index is 1.38. The van der Waals surface area contributed by atoms with Gasteiger partial charge in [-0.05, 0) is 62.2 Å². The number of nitrogens with one attached hydrogen (secondary N) is 2. The summed E-state index contributed by atoms with van der Waals surface area (Å²) in [6.07, 6.45) is 4.47. The second kappa shape index (κ2) is 9.47. The molecule has 4 rings (SSSR count). The Kier molecular flexibility index (Phi) is 6.31. The molecule has 7 heteroatoms. The van der Waals surface area contributed by atoms with E-state index >= 15 is 0 Å². The van der Waals surface area contributed by atoms with Crippen LogP contribution in [0.5, 0.6) is 0 Å². The fraction of sp³-hybridized carbons (Fsp3) is 0.292. The lowest BCUT2D eigenvalue weighted by Crippen LogP contribution is -2.35. The van der Waals surface area contributed by atoms with Crippen molar-refractivity contribution in [3.05, 3.63) is 72.1 Å². The molecule has 0 radical (unpaired) electrons. The molecular weight excluding hydrogens is 390 g/mol. The van der Waals surface area contributed by atoms with Crippen molar-refractivity contribution in [2.45, 2.75) is 32.6 Å². The van der Waals surface area contributed by atoms with Crippen LogP contribution in [0.3, 0.4) is 0 Å². The lowest BCUT2D eigenvalue weighted by atomic mass is 10.2. The van der Waals surface area contributed by atoms with E-state index in [4.69, 9.17) is 0 Å². The number of rotatable bonds is 4. The Bertz CT molecular complexity index is 1040. The first kappa shape index (κ1) is 20.7. The smallest absolute Gasteiger partial charge is 0.321 e. The van der Waals surface area contributed by atoms with E-state index in [-0.39, 0.29) is 11.9 Å². The van der Waals surface area contributed by atoms with Gasteiger partial charge < -0.3 is 15.5 Å². The summed E-state index contributed by atoms with van der Waals surface area (Å²) in [4.78, 5) is 27.0. The summed E-state index contributed by atoms with van der Waals surface area (Å²) in [6, 6.07) is 18.5. The van der Waals surface area contributed by atoms with Gasteiger partial charge in [-0.1, -0.05) is 31.0 Å². The molecule has 0 saturated carbocycles. The monoisotopic (exact) mass is 417 g/mol. The summed E-state index contributed by atoms with van der Waals surface area (Å²) in [5, 5.41) is 10.2. The minimum absolute atomic E-state index is 0.0689. The molecule has 0 bridgehead atoms. The van der Waals surface area contributed by atoms with Crippen LogP contribution < -0.4 is 10.6 Å². The summed E-state index contributed by atoms with van der Waals surface area (Å²) < 4.78 is 1.75. The summed E-state index contributed by atoms with van der Waals surface area (Å²) in [5.74, 6) is -0.279. The third-order valence-corrected chi connectivity index (χ3v) is 5.41. The Morgan fingerprint density at radius 1 is 0.839 bits per heavy atom. The van der Waals surface area contributed by atoms with E-state index in [0.29, 0.717) is 17.1 Å². The standard InChI is InChI=1S/C24H27N5O2/c1-18-17-22(27-29(18)21-9-5-4-6-10-21)23(30)25-19-11-13-20(14-12-19)26-24(31)28-15-7-2-3-8-16-28/h4-6,9-14,17H,2-3,7-8,15-16H2,1H3,(H,25,30)(H,26,31). The maximum atomic E-state index is 12.6. The van der Waals surface area contributed by atoms with E-state index in [0.717, 1.165) is 37.3 Å². The van der Waals surface area contributed by atoms with Gasteiger partial charge in [0.15, 0.2) is 5.69 Å². The van der Waals surface area contributed by atoms with Crippen molar-refractivity contribution in [1.82, 2.24) is 14.7 Å². The topological polar surface area (TPSA) is 79.3 Å². The zero-order chi connectivity index (χ0) is 21.6. The van der Waals surface area contributed by atoms with Crippen molar-refractivity contribution in [1.29, 1.82) is 0 Å². The first-order valence-electron chi connectivity index (χ1n) is 10.7. The Morgan fingerprint density at radius 2 is 1.45 bits per heavy atom. The van der Waals surface area contributed by atoms with E-state index in [1.807, 2.05) is 42.2 Å². The van der Waals surface area contributed by atoms with Crippen molar-refractivity contribution >= 4 is 23.3 Å². The van der Waals surface area contributed by atoms with E-state index < -0.39 is 0 Å². The molecule has 0 spiro atoms. The number of hydrogen-bond donors (Lipinski definition) is 2. The molecule has 3 amide bonds. The highest BCUT2D eigenvalue weighted by atomic mass is 16.2. The van der Waals surface area contributed by atoms with Gasteiger partial charge in [-0.15, -0.1) is 0 Å². The Hall–Kier alpha value is -3.61. The van der Waals surface area contributed by atoms with Gasteiger partial charge in [0.25, 0.3) is 5.91 Å². The molecule has 1 aromatic heterocycles. The zero-order valence-corrected chi connectivity index (χ0v) is 17.7. The number of amides is 3. The predicted molar refractivity (Wildman–Crippen MR) is 122 cm³/mol. The number of aryl methyl sites for hydroxylation is 1. The normalized spacial score (nSPS) is 14.0. The SMILES string of the molecule is Cc1cc(C(=O)Nc2ccc(NC(=O)N3CCCCCC3)cc2)nn1-c1ccccc1. The quantitative estimate of drug-likeness (QED) is 0.637. The van der Waals surface area contributed by atoms with Crippen molar-refractivity contribution in [2.75, 3.05) is 23.7 Å². The Morgan fingerprint density at radius 3 is 2.10 bits per heavy atom. The van der Waals surface area contributed by atoms with E-state index in [9.17, 15) is 9.59 Å². The van der Waals surface area contributed by atoms with Crippen molar-refractivity contribution in [3.8, 4) is 5.69 Å². The van der Waals surface area contributed by atoms with Gasteiger partial charge in [0.1, 0.15) is 0 Å². The number of anilines is 2. The number of likely N-dealkylation sites (tertiary alicyclic amines) is 1. The highest BCUT2D eigenvalue weighted by molar-refractivity contribution is 6.03. The van der Waals surface area contributed by atoms with Crippen LogP contribution in [0, 0.1) is 6.92 Å². The first-order chi connectivity index (χ1) is 15.1. The summed E-state index contributed by atoms with van der Waals surface area (Å²) in [6.45, 7) is 3.52. The predicted octanol–water partition coefficient (Wildman–Crippen LogP) is 4.84. The second-order valence-corrected chi connectivity index (χ2v) is 7.78. The zero-order valence-electron chi connectivity index (χ0n) is 17.7. The lowest BCUT2D eigenvalue weighted by Gasteiger charge is -2.20. The molecule has 1 aliphatic heterocycles. The Labute approximate surface area is 182 Å². The first-order valence-corrected chi connectivity index (χ1v) is 10.7. The van der Waals surface area contributed by atoms with Crippen LogP contribution in [0.15, 0.2) is 60.7 Å². The number of carbonyl (C=O) groups is 2. The average Bonchev–Trinajstić information content (AvgIpc) is 2.99. The van der Waals surface area contributed by atoms with Gasteiger partial charge in [0.2, 0.25) is 0 Å². The number of aromatic nitrogens is 2. The van der Waals surface area contributed by atoms with E-state index in [1.54, 1.807) is 35.0 Å². The molecule has 0 atom stereocenters. The third-order valence-electron chi connectivity index (χ3n) is 5.41. The van der Waals surface area contributed by atoms with Gasteiger partial charge in [-0.3, -0.25) is 4.79 Å². The molecule has 160 valence electrons. The van der Waals surface area contributed by atoms with Crippen LogP contribution in [0.2, 0.25) is 0 Å². The molecule has 1 saturated heterocycles. The van der Waals surface area contributed by atoms with Crippen LogP contribution >= 0.6 is 0 Å². The molecule has 7 nitrogen and oxygen atoms in total. The van der Waals surface area contributed by atoms with Crippen LogP contribution in [0.4, 0.5) is 16.2 Å². The van der Waals surface area contributed by atoms with Crippen molar-refractivity contribution < 1.29 is 9.59 Å². The highest BCUT2D eigenvalue weighted by Crippen LogP contribution is 2.17. The van der Waals surface area contributed by atoms with Crippen molar-refractivity contribution in [3.63, 3.8) is 0 Å². The van der Waals surface area contributed by atoms with Gasteiger partial charge in [0, 0.05) is 30.2 Å². The molecule has 3 aromatic rings. The summed E-state index contributed by atoms with van der Waals surface area (Å²) in [7, 11) is 0. The molecule has 1 fully saturated rings. The number of benzene rings is 2.